The number of nitrogens with two attached hydrogens (primary N) is 2. The summed E-state index contributed by atoms with van der Waals surface area (Å²) in [5.74, 6) is -0.470. The summed E-state index contributed by atoms with van der Waals surface area (Å²) >= 11 is 0. The second kappa shape index (κ2) is 7.36. The van der Waals surface area contributed by atoms with E-state index in [0.29, 0.717) is 16.8 Å². The van der Waals surface area contributed by atoms with E-state index in [-0.39, 0.29) is 17.3 Å². The normalized spacial score (nSPS) is 17.3. The van der Waals surface area contributed by atoms with Crippen LogP contribution in [-0.2, 0) is 0 Å². The van der Waals surface area contributed by atoms with E-state index < -0.39 is 5.82 Å². The highest BCUT2D eigenvalue weighted by molar-refractivity contribution is 6.30. The first kappa shape index (κ1) is 18.1. The quantitative estimate of drug-likeness (QED) is 0.607. The van der Waals surface area contributed by atoms with Crippen molar-refractivity contribution < 1.29 is 4.39 Å². The van der Waals surface area contributed by atoms with Crippen LogP contribution in [0.5, 0.6) is 0 Å². The molecule has 1 aromatic carbocycles. The molecular weight excluding hydrogens is 355 g/mol. The van der Waals surface area contributed by atoms with Gasteiger partial charge >= 0.3 is 0 Å². The van der Waals surface area contributed by atoms with Crippen LogP contribution in [0.25, 0.3) is 16.6 Å². The molecule has 3 heterocycles. The highest BCUT2D eigenvalue weighted by Crippen LogP contribution is 2.25. The Hall–Kier alpha value is -3.32. The number of hydrogen-bond donors (Lipinski definition) is 3. The van der Waals surface area contributed by atoms with Gasteiger partial charge in [-0.15, -0.1) is 0 Å². The standard InChI is InChI=1S/C21H21FN6/c22-17-4-2-1-3-15(17)21(25)16(10-23)18-5-6-19-20(27-18)9-14(11-26-19)28-8-7-13(24)12-28/h1-6,9-11,13,25H,7-8,12,23-24H2/b16-10-,25-21?. The highest BCUT2D eigenvalue weighted by atomic mass is 19.1. The summed E-state index contributed by atoms with van der Waals surface area (Å²) < 4.78 is 14.1. The van der Waals surface area contributed by atoms with Crippen molar-refractivity contribution in [2.75, 3.05) is 18.0 Å². The maximum Gasteiger partial charge on any atom is 0.132 e. The molecule has 142 valence electrons. The number of allylic oxidation sites excluding steroid dienone is 1. The van der Waals surface area contributed by atoms with Gasteiger partial charge in [0.25, 0.3) is 0 Å². The maximum atomic E-state index is 14.1. The summed E-state index contributed by atoms with van der Waals surface area (Å²) in [7, 11) is 0. The fourth-order valence-corrected chi connectivity index (χ4v) is 3.45. The lowest BCUT2D eigenvalue weighted by Gasteiger charge is -2.18. The Kier molecular flexibility index (Phi) is 4.75. The minimum Gasteiger partial charge on any atom is -0.404 e. The molecule has 0 saturated carbocycles. The van der Waals surface area contributed by atoms with Crippen LogP contribution in [0, 0.1) is 11.2 Å². The molecule has 1 aliphatic rings. The molecule has 5 N–H and O–H groups in total. The number of hydrogen-bond acceptors (Lipinski definition) is 6. The largest absolute Gasteiger partial charge is 0.404 e. The number of aromatic nitrogens is 2. The Morgan fingerprint density at radius 2 is 2.04 bits per heavy atom. The molecule has 1 saturated heterocycles. The van der Waals surface area contributed by atoms with Crippen LogP contribution < -0.4 is 16.4 Å². The molecule has 28 heavy (non-hydrogen) atoms. The number of rotatable bonds is 4. The predicted molar refractivity (Wildman–Crippen MR) is 110 cm³/mol. The molecule has 0 amide bonds. The molecule has 6 nitrogen and oxygen atoms in total. The first-order valence-electron chi connectivity index (χ1n) is 9.10. The van der Waals surface area contributed by atoms with E-state index in [0.717, 1.165) is 30.7 Å². The number of nitrogens with one attached hydrogen (secondary N) is 1. The van der Waals surface area contributed by atoms with Crippen molar-refractivity contribution >= 4 is 28.0 Å². The van der Waals surface area contributed by atoms with Gasteiger partial charge in [-0.25, -0.2) is 9.37 Å². The Bertz CT molecular complexity index is 1080. The molecule has 0 radical (unpaired) electrons. The van der Waals surface area contributed by atoms with Gasteiger partial charge in [0, 0.05) is 36.5 Å². The zero-order chi connectivity index (χ0) is 19.7. The Morgan fingerprint density at radius 1 is 1.21 bits per heavy atom. The number of halogens is 1. The van der Waals surface area contributed by atoms with Crippen LogP contribution in [0.4, 0.5) is 10.1 Å². The third-order valence-corrected chi connectivity index (χ3v) is 4.97. The third kappa shape index (κ3) is 3.32. The van der Waals surface area contributed by atoms with E-state index in [1.54, 1.807) is 24.3 Å². The lowest BCUT2D eigenvalue weighted by Crippen LogP contribution is -2.26. The Labute approximate surface area is 162 Å². The summed E-state index contributed by atoms with van der Waals surface area (Å²) in [6.07, 6.45) is 4.06. The van der Waals surface area contributed by atoms with Crippen molar-refractivity contribution in [2.24, 2.45) is 11.5 Å². The van der Waals surface area contributed by atoms with Crippen LogP contribution in [0.15, 0.2) is 54.9 Å². The first-order chi connectivity index (χ1) is 13.6. The fraction of sp³-hybridized carbons (Fsp3) is 0.190. The van der Waals surface area contributed by atoms with Crippen LogP contribution in [0.1, 0.15) is 17.7 Å². The minimum absolute atomic E-state index is 0.0120. The zero-order valence-electron chi connectivity index (χ0n) is 15.3. The second-order valence-corrected chi connectivity index (χ2v) is 6.86. The molecule has 1 fully saturated rings. The van der Waals surface area contributed by atoms with Gasteiger partial charge in [-0.2, -0.15) is 0 Å². The Morgan fingerprint density at radius 3 is 2.75 bits per heavy atom. The highest BCUT2D eigenvalue weighted by Gasteiger charge is 2.20. The summed E-state index contributed by atoms with van der Waals surface area (Å²) in [5.41, 5.74) is 15.2. The lowest BCUT2D eigenvalue weighted by atomic mass is 9.99. The summed E-state index contributed by atoms with van der Waals surface area (Å²) in [4.78, 5) is 11.3. The monoisotopic (exact) mass is 376 g/mol. The van der Waals surface area contributed by atoms with Crippen molar-refractivity contribution in [2.45, 2.75) is 12.5 Å². The van der Waals surface area contributed by atoms with Gasteiger partial charge in [0.2, 0.25) is 0 Å². The molecule has 1 unspecified atom stereocenters. The molecule has 1 atom stereocenters. The summed E-state index contributed by atoms with van der Waals surface area (Å²) in [5, 5.41) is 8.41. The molecule has 0 aliphatic carbocycles. The summed E-state index contributed by atoms with van der Waals surface area (Å²) in [6, 6.07) is 11.9. The van der Waals surface area contributed by atoms with Crippen molar-refractivity contribution in [3.8, 4) is 0 Å². The minimum atomic E-state index is -0.470. The molecule has 4 rings (SSSR count). The van der Waals surface area contributed by atoms with Gasteiger partial charge in [0.1, 0.15) is 5.82 Å². The predicted octanol–water partition coefficient (Wildman–Crippen LogP) is 2.67. The van der Waals surface area contributed by atoms with E-state index in [1.165, 1.54) is 12.3 Å². The number of nitrogens with zero attached hydrogens (tertiary/aromatic N) is 3. The molecule has 1 aliphatic heterocycles. The molecule has 0 spiro atoms. The number of pyridine rings is 2. The van der Waals surface area contributed by atoms with E-state index in [1.807, 2.05) is 18.3 Å². The van der Waals surface area contributed by atoms with Crippen molar-refractivity contribution in [3.05, 3.63) is 71.9 Å². The van der Waals surface area contributed by atoms with Gasteiger partial charge in [-0.1, -0.05) is 12.1 Å². The number of benzene rings is 1. The molecule has 3 aromatic rings. The van der Waals surface area contributed by atoms with Gasteiger partial charge in [-0.3, -0.25) is 10.4 Å². The zero-order valence-corrected chi connectivity index (χ0v) is 15.3. The average molecular weight is 376 g/mol. The lowest BCUT2D eigenvalue weighted by molar-refractivity contribution is 0.625. The summed E-state index contributed by atoms with van der Waals surface area (Å²) in [6.45, 7) is 1.68. The van der Waals surface area contributed by atoms with E-state index in [2.05, 4.69) is 14.9 Å². The van der Waals surface area contributed by atoms with Gasteiger partial charge in [0.15, 0.2) is 0 Å². The average Bonchev–Trinajstić information content (AvgIpc) is 3.14. The van der Waals surface area contributed by atoms with Crippen LogP contribution in [0.2, 0.25) is 0 Å². The van der Waals surface area contributed by atoms with E-state index in [9.17, 15) is 4.39 Å². The van der Waals surface area contributed by atoms with Crippen molar-refractivity contribution in [1.29, 1.82) is 5.41 Å². The smallest absolute Gasteiger partial charge is 0.132 e. The second-order valence-electron chi connectivity index (χ2n) is 6.86. The molecule has 7 heteroatoms. The molecule has 0 bridgehead atoms. The van der Waals surface area contributed by atoms with Crippen LogP contribution in [0.3, 0.4) is 0 Å². The van der Waals surface area contributed by atoms with Gasteiger partial charge < -0.3 is 16.4 Å². The number of fused-ring (bicyclic) bond motifs is 1. The Balaban J connectivity index is 1.71. The van der Waals surface area contributed by atoms with E-state index in [4.69, 9.17) is 16.9 Å². The van der Waals surface area contributed by atoms with Gasteiger partial charge in [0.05, 0.1) is 34.3 Å². The molecular formula is C21H21FN6. The third-order valence-electron chi connectivity index (χ3n) is 4.97. The van der Waals surface area contributed by atoms with Crippen LogP contribution in [-0.4, -0.2) is 34.8 Å². The first-order valence-corrected chi connectivity index (χ1v) is 9.10. The maximum absolute atomic E-state index is 14.1. The fourth-order valence-electron chi connectivity index (χ4n) is 3.45. The van der Waals surface area contributed by atoms with E-state index >= 15 is 0 Å². The van der Waals surface area contributed by atoms with Crippen molar-refractivity contribution in [1.82, 2.24) is 9.97 Å². The topological polar surface area (TPSA) is 105 Å². The van der Waals surface area contributed by atoms with Gasteiger partial charge in [-0.05, 0) is 36.8 Å². The molecule has 2 aromatic heterocycles. The van der Waals surface area contributed by atoms with Crippen molar-refractivity contribution in [3.63, 3.8) is 0 Å². The van der Waals surface area contributed by atoms with Crippen LogP contribution >= 0.6 is 0 Å². The number of anilines is 1. The SMILES string of the molecule is N=C(/C(=C\N)c1ccc2ncc(N3CCC(N)C3)cc2n1)c1ccccc1F.